The van der Waals surface area contributed by atoms with Crippen molar-refractivity contribution in [3.05, 3.63) is 12.2 Å². The summed E-state index contributed by atoms with van der Waals surface area (Å²) >= 11 is 0. The Morgan fingerprint density at radius 3 is 1.16 bits per heavy atom. The third-order valence-electron chi connectivity index (χ3n) is 12.4. The second-order valence-electron chi connectivity index (χ2n) is 19.5. The first kappa shape index (κ1) is 60.1. The summed E-state index contributed by atoms with van der Waals surface area (Å²) in [6.07, 6.45) is 51.0. The molecule has 0 aromatic heterocycles. The fourth-order valence-corrected chi connectivity index (χ4v) is 8.25. The summed E-state index contributed by atoms with van der Waals surface area (Å²) in [6, 6.07) is -0.723. The van der Waals surface area contributed by atoms with Crippen molar-refractivity contribution in [2.75, 3.05) is 41.0 Å². The number of allylic oxidation sites excluding steroid dienone is 2. The number of ether oxygens (including phenoxy) is 3. The van der Waals surface area contributed by atoms with Crippen LogP contribution in [0, 0.1) is 0 Å². The Balaban J connectivity index is 4.17. The fraction of sp³-hybridized carbons (Fsp3) is 0.907. The van der Waals surface area contributed by atoms with Crippen molar-refractivity contribution in [3.8, 4) is 0 Å². The highest BCUT2D eigenvalue weighted by Crippen LogP contribution is 2.16. The summed E-state index contributed by atoms with van der Waals surface area (Å²) in [5.41, 5.74) is 0. The number of likely N-dealkylation sites (N-methyl/N-ethyl adjacent to an activating group) is 1. The molecular weight excluding hydrogens is 775 g/mol. The molecule has 0 amide bonds. The number of carbonyl (C=O) groups is 3. The van der Waals surface area contributed by atoms with Crippen molar-refractivity contribution in [2.45, 2.75) is 276 Å². The van der Waals surface area contributed by atoms with E-state index in [1.807, 2.05) is 21.1 Å². The van der Waals surface area contributed by atoms with Crippen molar-refractivity contribution in [1.82, 2.24) is 0 Å². The van der Waals surface area contributed by atoms with E-state index in [1.54, 1.807) is 0 Å². The van der Waals surface area contributed by atoms with Gasteiger partial charge < -0.3 is 28.6 Å². The van der Waals surface area contributed by atoms with Crippen LogP contribution in [0.2, 0.25) is 0 Å². The van der Waals surface area contributed by atoms with Crippen LogP contribution in [0.25, 0.3) is 0 Å². The average Bonchev–Trinajstić information content (AvgIpc) is 3.23. The van der Waals surface area contributed by atoms with E-state index in [1.165, 1.54) is 193 Å². The minimum Gasteiger partial charge on any atom is -0.544 e. The van der Waals surface area contributed by atoms with Gasteiger partial charge in [0.05, 0.1) is 40.3 Å². The van der Waals surface area contributed by atoms with Gasteiger partial charge in [0.25, 0.3) is 0 Å². The van der Waals surface area contributed by atoms with E-state index in [0.29, 0.717) is 12.8 Å². The monoisotopic (exact) mass is 878 g/mol. The number of rotatable bonds is 49. The number of carbonyl (C=O) groups excluding carboxylic acids is 3. The Bertz CT molecular complexity index is 1020. The third kappa shape index (κ3) is 43.3. The van der Waals surface area contributed by atoms with Gasteiger partial charge in [0.1, 0.15) is 12.6 Å². The lowest BCUT2D eigenvalue weighted by Crippen LogP contribution is -2.55. The van der Waals surface area contributed by atoms with Crippen LogP contribution in [0.5, 0.6) is 0 Å². The van der Waals surface area contributed by atoms with Crippen molar-refractivity contribution in [1.29, 1.82) is 0 Å². The first-order chi connectivity index (χ1) is 30.1. The lowest BCUT2D eigenvalue weighted by atomic mass is 10.0. The van der Waals surface area contributed by atoms with Crippen molar-refractivity contribution >= 4 is 17.9 Å². The average molecular weight is 878 g/mol. The van der Waals surface area contributed by atoms with E-state index >= 15 is 0 Å². The first-order valence-electron chi connectivity index (χ1n) is 26.7. The molecule has 0 aliphatic heterocycles. The van der Waals surface area contributed by atoms with Gasteiger partial charge in [0, 0.05) is 19.3 Å². The van der Waals surface area contributed by atoms with Crippen LogP contribution >= 0.6 is 0 Å². The molecule has 62 heavy (non-hydrogen) atoms. The number of hydrogen-bond acceptors (Lipinski definition) is 7. The Labute approximate surface area is 384 Å². The number of carboxylic acids is 1. The highest BCUT2D eigenvalue weighted by atomic mass is 16.6. The molecule has 0 aliphatic rings. The summed E-state index contributed by atoms with van der Waals surface area (Å²) in [7, 11) is 5.43. The highest BCUT2D eigenvalue weighted by Gasteiger charge is 2.25. The summed E-state index contributed by atoms with van der Waals surface area (Å²) in [5, 5.41) is 11.7. The van der Waals surface area contributed by atoms with Gasteiger partial charge in [-0.15, -0.1) is 0 Å². The Hall–Kier alpha value is -1.93. The standard InChI is InChI=1S/C54H103NO7/c1-6-8-10-12-14-16-18-20-22-23-24-25-26-27-28-29-31-33-35-37-39-41-43-45-53(57)62-50(48-60-47-46-51(54(58)59)55(3,4)5)49-61-52(56)44-42-40-38-36-34-32-30-21-19-17-15-13-11-9-7-2/h27-28,50-51H,6-26,29-49H2,1-5H3/b28-27+. The van der Waals surface area contributed by atoms with Gasteiger partial charge in [-0.3, -0.25) is 9.59 Å². The molecule has 2 unspecified atom stereocenters. The molecule has 0 N–H and O–H groups in total. The minimum atomic E-state index is -1.12. The van der Waals surface area contributed by atoms with Crippen molar-refractivity contribution in [3.63, 3.8) is 0 Å². The minimum absolute atomic E-state index is 0.0451. The largest absolute Gasteiger partial charge is 0.544 e. The summed E-state index contributed by atoms with van der Waals surface area (Å²) in [5.74, 6) is -1.72. The topological polar surface area (TPSA) is 102 Å². The molecule has 0 rings (SSSR count). The molecule has 8 nitrogen and oxygen atoms in total. The number of carboxylic acid groups (broad SMARTS) is 1. The number of esters is 2. The van der Waals surface area contributed by atoms with Gasteiger partial charge in [-0.05, 0) is 38.5 Å². The molecule has 0 saturated heterocycles. The summed E-state index contributed by atoms with van der Waals surface area (Å²) in [6.45, 7) is 4.71. The van der Waals surface area contributed by atoms with Crippen molar-refractivity contribution in [2.24, 2.45) is 0 Å². The predicted molar refractivity (Wildman–Crippen MR) is 259 cm³/mol. The van der Waals surface area contributed by atoms with Crippen molar-refractivity contribution < 1.29 is 38.2 Å². The lowest BCUT2D eigenvalue weighted by molar-refractivity contribution is -0.889. The number of aliphatic carboxylic acids is 1. The van der Waals surface area contributed by atoms with E-state index in [0.717, 1.165) is 38.5 Å². The fourth-order valence-electron chi connectivity index (χ4n) is 8.25. The van der Waals surface area contributed by atoms with Crippen LogP contribution < -0.4 is 5.11 Å². The van der Waals surface area contributed by atoms with E-state index in [9.17, 15) is 19.5 Å². The normalized spacial score (nSPS) is 12.9. The molecule has 0 fully saturated rings. The second-order valence-corrected chi connectivity index (χ2v) is 19.5. The summed E-state index contributed by atoms with van der Waals surface area (Å²) < 4.78 is 17.3. The maximum Gasteiger partial charge on any atom is 0.306 e. The molecule has 8 heteroatoms. The molecule has 0 saturated carbocycles. The molecular formula is C54H103NO7. The van der Waals surface area contributed by atoms with Gasteiger partial charge in [-0.25, -0.2) is 0 Å². The van der Waals surface area contributed by atoms with E-state index in [4.69, 9.17) is 14.2 Å². The molecule has 366 valence electrons. The zero-order valence-corrected chi connectivity index (χ0v) is 41.8. The van der Waals surface area contributed by atoms with Crippen LogP contribution in [0.4, 0.5) is 0 Å². The predicted octanol–water partition coefficient (Wildman–Crippen LogP) is 14.1. The van der Waals surface area contributed by atoms with Gasteiger partial charge >= 0.3 is 11.9 Å². The van der Waals surface area contributed by atoms with Crippen LogP contribution in [0.3, 0.4) is 0 Å². The Morgan fingerprint density at radius 1 is 0.468 bits per heavy atom. The second kappa shape index (κ2) is 45.6. The van der Waals surface area contributed by atoms with E-state index < -0.39 is 18.1 Å². The molecule has 2 atom stereocenters. The summed E-state index contributed by atoms with van der Waals surface area (Å²) in [4.78, 5) is 37.0. The number of quaternary nitrogens is 1. The number of hydrogen-bond donors (Lipinski definition) is 0. The number of nitrogens with zero attached hydrogens (tertiary/aromatic N) is 1. The molecule has 0 aromatic carbocycles. The zero-order chi connectivity index (χ0) is 45.6. The quantitative estimate of drug-likeness (QED) is 0.0260. The first-order valence-corrected chi connectivity index (χ1v) is 26.7. The molecule has 0 bridgehead atoms. The third-order valence-corrected chi connectivity index (χ3v) is 12.4. The van der Waals surface area contributed by atoms with E-state index in [2.05, 4.69) is 26.0 Å². The SMILES string of the molecule is CCCCCCCCCCCCCC/C=C/CCCCCCCCCC(=O)OC(COCCC(C(=O)[O-])[N+](C)(C)C)COC(=O)CCCCCCCCCCCCCCCCC. The molecule has 0 radical (unpaired) electrons. The van der Waals surface area contributed by atoms with Gasteiger partial charge in [0.2, 0.25) is 0 Å². The van der Waals surface area contributed by atoms with Crippen LogP contribution in [0.15, 0.2) is 12.2 Å². The Kier molecular flexibility index (Phi) is 44.2. The van der Waals surface area contributed by atoms with Crippen LogP contribution in [-0.2, 0) is 28.6 Å². The van der Waals surface area contributed by atoms with Crippen LogP contribution in [-0.4, -0.2) is 75.5 Å². The number of unbranched alkanes of at least 4 members (excludes halogenated alkanes) is 33. The maximum atomic E-state index is 12.8. The van der Waals surface area contributed by atoms with Gasteiger partial charge in [0.15, 0.2) is 6.10 Å². The smallest absolute Gasteiger partial charge is 0.306 e. The molecule has 0 aliphatic carbocycles. The highest BCUT2D eigenvalue weighted by molar-refractivity contribution is 5.70. The van der Waals surface area contributed by atoms with Gasteiger partial charge in [-0.2, -0.15) is 0 Å². The van der Waals surface area contributed by atoms with Gasteiger partial charge in [-0.1, -0.05) is 219 Å². The maximum absolute atomic E-state index is 12.8. The molecule has 0 aromatic rings. The molecule has 0 spiro atoms. The van der Waals surface area contributed by atoms with E-state index in [-0.39, 0.29) is 42.7 Å². The van der Waals surface area contributed by atoms with Crippen LogP contribution in [0.1, 0.15) is 264 Å². The Morgan fingerprint density at radius 2 is 0.806 bits per heavy atom. The lowest BCUT2D eigenvalue weighted by Gasteiger charge is -2.34. The molecule has 0 heterocycles. The zero-order valence-electron chi connectivity index (χ0n) is 41.8.